The number of ketones is 1. The van der Waals surface area contributed by atoms with Crippen molar-refractivity contribution in [2.24, 2.45) is 23.5 Å². The minimum absolute atomic E-state index is 0.156. The van der Waals surface area contributed by atoms with Gasteiger partial charge >= 0.3 is 12.1 Å². The summed E-state index contributed by atoms with van der Waals surface area (Å²) in [6, 6.07) is 6.29. The normalized spacial score (nSPS) is 29.6. The van der Waals surface area contributed by atoms with Crippen molar-refractivity contribution in [3.8, 4) is 0 Å². The van der Waals surface area contributed by atoms with E-state index in [4.69, 9.17) is 5.73 Å². The van der Waals surface area contributed by atoms with E-state index in [1.165, 1.54) is 17.4 Å². The van der Waals surface area contributed by atoms with E-state index < -0.39 is 6.03 Å². The summed E-state index contributed by atoms with van der Waals surface area (Å²) in [5, 5.41) is 3.71. The summed E-state index contributed by atoms with van der Waals surface area (Å²) in [6.07, 6.45) is 8.58. The van der Waals surface area contributed by atoms with Crippen LogP contribution in [0.15, 0.2) is 30.5 Å². The van der Waals surface area contributed by atoms with E-state index in [1.54, 1.807) is 17.2 Å². The Bertz CT molecular complexity index is 1040. The molecule has 2 saturated carbocycles. The molecule has 164 valence electrons. The lowest BCUT2D eigenvalue weighted by atomic mass is 9.79. The van der Waals surface area contributed by atoms with Crippen molar-refractivity contribution < 1.29 is 14.4 Å². The number of primary amides is 1. The van der Waals surface area contributed by atoms with Gasteiger partial charge in [0.2, 0.25) is 0 Å². The number of nitrogens with two attached hydrogens (primary N) is 1. The number of hydrogen-bond donors (Lipinski definition) is 2. The van der Waals surface area contributed by atoms with Crippen molar-refractivity contribution in [2.45, 2.75) is 64.0 Å². The van der Waals surface area contributed by atoms with Crippen molar-refractivity contribution in [1.82, 2.24) is 9.47 Å². The van der Waals surface area contributed by atoms with Crippen LogP contribution >= 0.6 is 0 Å². The Hall–Kier alpha value is -2.83. The predicted molar refractivity (Wildman–Crippen MR) is 119 cm³/mol. The molecular weight excluding hydrogens is 392 g/mol. The Kier molecular flexibility index (Phi) is 4.99. The zero-order chi connectivity index (χ0) is 21.7. The Morgan fingerprint density at radius 3 is 2.71 bits per heavy atom. The van der Waals surface area contributed by atoms with Gasteiger partial charge in [-0.25, -0.2) is 9.59 Å². The summed E-state index contributed by atoms with van der Waals surface area (Å²) >= 11 is 0. The Labute approximate surface area is 181 Å². The average Bonchev–Trinajstić information content (AvgIpc) is 3.24. The molecule has 0 bridgehead atoms. The molecule has 1 aromatic carbocycles. The summed E-state index contributed by atoms with van der Waals surface area (Å²) < 4.78 is 1.34. The van der Waals surface area contributed by atoms with Gasteiger partial charge in [-0.1, -0.05) is 44.4 Å². The molecule has 0 radical (unpaired) electrons. The molecule has 31 heavy (non-hydrogen) atoms. The highest BCUT2D eigenvalue weighted by atomic mass is 16.2. The molecule has 7 nitrogen and oxygen atoms in total. The number of Topliss-reactive ketones (excluding diaryl/α,β-unsaturated/α-hetero) is 1. The second kappa shape index (κ2) is 7.70. The molecule has 3 N–H and O–H groups in total. The fraction of sp³-hybridized carbons (Fsp3) is 0.542. The van der Waals surface area contributed by atoms with Crippen molar-refractivity contribution in [3.05, 3.63) is 30.5 Å². The largest absolute Gasteiger partial charge is 0.351 e. The van der Waals surface area contributed by atoms with Gasteiger partial charge in [0.1, 0.15) is 0 Å². The maximum absolute atomic E-state index is 13.3. The van der Waals surface area contributed by atoms with Crippen LogP contribution in [0.5, 0.6) is 0 Å². The molecule has 0 unspecified atom stereocenters. The average molecular weight is 423 g/mol. The Morgan fingerprint density at radius 1 is 1.13 bits per heavy atom. The highest BCUT2D eigenvalue weighted by Crippen LogP contribution is 2.49. The third-order valence-electron chi connectivity index (χ3n) is 7.44. The van der Waals surface area contributed by atoms with Crippen LogP contribution in [0, 0.1) is 17.8 Å². The number of nitrogens with one attached hydrogen (secondary N) is 1. The molecular formula is C24H30N4O3. The molecule has 1 aliphatic heterocycles. The molecule has 2 heterocycles. The first-order chi connectivity index (χ1) is 14.9. The maximum atomic E-state index is 13.3. The van der Waals surface area contributed by atoms with E-state index in [2.05, 4.69) is 12.2 Å². The van der Waals surface area contributed by atoms with Crippen LogP contribution in [0.2, 0.25) is 0 Å². The smallest absolute Gasteiger partial charge is 0.323 e. The van der Waals surface area contributed by atoms with E-state index in [0.717, 1.165) is 31.1 Å². The van der Waals surface area contributed by atoms with E-state index in [1.807, 2.05) is 18.2 Å². The van der Waals surface area contributed by atoms with Gasteiger partial charge in [0.15, 0.2) is 5.78 Å². The number of carbonyl (C=O) groups excluding carboxylic acids is 3. The molecule has 2 aromatic rings. The van der Waals surface area contributed by atoms with Gasteiger partial charge in [-0.3, -0.25) is 9.36 Å². The number of fused-ring (bicyclic) bond motifs is 2. The molecule has 5 rings (SSSR count). The third-order valence-corrected chi connectivity index (χ3v) is 7.44. The number of rotatable bonds is 4. The number of anilines is 1. The van der Waals surface area contributed by atoms with Crippen molar-refractivity contribution in [3.63, 3.8) is 0 Å². The number of nitrogens with zero attached hydrogens (tertiary/aromatic N) is 2. The van der Waals surface area contributed by atoms with E-state index in [9.17, 15) is 14.4 Å². The van der Waals surface area contributed by atoms with Gasteiger partial charge in [0.05, 0.1) is 17.2 Å². The SMILES string of the molecule is C[C@H]1CCC[C@@H](CC(=O)[C@@H]2C[C@H]3C[C@H]3N2C(=O)Nc2cn(C(N)=O)c3ccccc23)C1. The summed E-state index contributed by atoms with van der Waals surface area (Å²) in [5.41, 5.74) is 6.68. The lowest BCUT2D eigenvalue weighted by Gasteiger charge is -2.30. The number of aromatic nitrogens is 1. The number of para-hydroxylation sites is 1. The second-order valence-electron chi connectivity index (χ2n) is 9.73. The van der Waals surface area contributed by atoms with Crippen molar-refractivity contribution in [1.29, 1.82) is 0 Å². The summed E-state index contributed by atoms with van der Waals surface area (Å²) in [5.74, 6) is 1.79. The number of amides is 3. The molecule has 0 spiro atoms. The number of carbonyl (C=O) groups is 3. The second-order valence-corrected chi connectivity index (χ2v) is 9.73. The Morgan fingerprint density at radius 2 is 1.94 bits per heavy atom. The maximum Gasteiger partial charge on any atom is 0.323 e. The first kappa shape index (κ1) is 20.1. The topological polar surface area (TPSA) is 97.4 Å². The first-order valence-corrected chi connectivity index (χ1v) is 11.4. The molecule has 7 heteroatoms. The zero-order valence-corrected chi connectivity index (χ0v) is 17.9. The molecule has 3 amide bonds. The van der Waals surface area contributed by atoms with Crippen molar-refractivity contribution in [2.75, 3.05) is 5.32 Å². The summed E-state index contributed by atoms with van der Waals surface area (Å²) in [4.78, 5) is 40.0. The quantitative estimate of drug-likeness (QED) is 0.766. The number of urea groups is 1. The number of piperidine rings is 1. The molecule has 1 aromatic heterocycles. The lowest BCUT2D eigenvalue weighted by Crippen LogP contribution is -2.45. The highest BCUT2D eigenvalue weighted by Gasteiger charge is 2.56. The summed E-state index contributed by atoms with van der Waals surface area (Å²) in [6.45, 7) is 2.27. The first-order valence-electron chi connectivity index (χ1n) is 11.4. The molecule has 5 atom stereocenters. The standard InChI is InChI=1S/C24H30N4O3/c1-14-5-4-6-15(9-14)10-22(29)21-12-16-11-20(16)28(21)24(31)26-18-13-27(23(25)30)19-8-3-2-7-17(18)19/h2-3,7-8,13-16,20-21H,4-6,9-12H2,1H3,(H2,25,30)(H,26,31)/t14-,15+,16+,20+,21-/m0/s1. The third kappa shape index (κ3) is 3.70. The van der Waals surface area contributed by atoms with Crippen LogP contribution in [-0.4, -0.2) is 39.4 Å². The molecule has 3 aliphatic rings. The van der Waals surface area contributed by atoms with Crippen LogP contribution in [0.4, 0.5) is 15.3 Å². The van der Waals surface area contributed by atoms with Gasteiger partial charge < -0.3 is 16.0 Å². The molecule has 3 fully saturated rings. The van der Waals surface area contributed by atoms with Crippen LogP contribution in [-0.2, 0) is 4.79 Å². The van der Waals surface area contributed by atoms with Gasteiger partial charge in [-0.2, -0.15) is 0 Å². The Balaban J connectivity index is 1.33. The fourth-order valence-electron chi connectivity index (χ4n) is 5.84. The predicted octanol–water partition coefficient (Wildman–Crippen LogP) is 4.35. The van der Waals surface area contributed by atoms with Gasteiger partial charge in [0, 0.05) is 24.0 Å². The van der Waals surface area contributed by atoms with Gasteiger partial charge in [0.25, 0.3) is 0 Å². The van der Waals surface area contributed by atoms with E-state index >= 15 is 0 Å². The van der Waals surface area contributed by atoms with Crippen LogP contribution in [0.25, 0.3) is 10.9 Å². The number of hydrogen-bond acceptors (Lipinski definition) is 3. The number of benzene rings is 1. The minimum atomic E-state index is -0.602. The minimum Gasteiger partial charge on any atom is -0.351 e. The van der Waals surface area contributed by atoms with E-state index in [0.29, 0.717) is 35.4 Å². The van der Waals surface area contributed by atoms with Crippen LogP contribution in [0.1, 0.15) is 51.9 Å². The monoisotopic (exact) mass is 422 g/mol. The lowest BCUT2D eigenvalue weighted by molar-refractivity contribution is -0.124. The summed E-state index contributed by atoms with van der Waals surface area (Å²) in [7, 11) is 0. The zero-order valence-electron chi connectivity index (χ0n) is 17.9. The molecule has 1 saturated heterocycles. The van der Waals surface area contributed by atoms with Gasteiger partial charge in [-0.15, -0.1) is 0 Å². The van der Waals surface area contributed by atoms with E-state index in [-0.39, 0.29) is 23.9 Å². The highest BCUT2D eigenvalue weighted by molar-refractivity contribution is 6.05. The van der Waals surface area contributed by atoms with Crippen molar-refractivity contribution >= 4 is 34.4 Å². The van der Waals surface area contributed by atoms with Gasteiger partial charge in [-0.05, 0) is 43.1 Å². The van der Waals surface area contributed by atoms with Crippen LogP contribution < -0.4 is 11.1 Å². The fourth-order valence-corrected chi connectivity index (χ4v) is 5.84. The molecule has 2 aliphatic carbocycles. The van der Waals surface area contributed by atoms with Crippen LogP contribution in [0.3, 0.4) is 0 Å². The number of likely N-dealkylation sites (tertiary alicyclic amines) is 1.